The number of hydrogen-bond acceptors (Lipinski definition) is 3. The lowest BCUT2D eigenvalue weighted by Crippen LogP contribution is -2.16. The van der Waals surface area contributed by atoms with E-state index in [-0.39, 0.29) is 12.5 Å². The molecule has 0 aliphatic carbocycles. The summed E-state index contributed by atoms with van der Waals surface area (Å²) in [5.41, 5.74) is 0. The predicted molar refractivity (Wildman–Crippen MR) is 70.8 cm³/mol. The molecule has 94 valence electrons. The Kier molecular flexibility index (Phi) is 4.17. The van der Waals surface area contributed by atoms with Gasteiger partial charge in [-0.1, -0.05) is 17.7 Å². The Labute approximate surface area is 113 Å². The Morgan fingerprint density at radius 2 is 2.39 bits per heavy atom. The maximum absolute atomic E-state index is 11.6. The van der Waals surface area contributed by atoms with E-state index in [2.05, 4.69) is 4.99 Å². The standard InChI is InChI=1S/C12H11ClN2O2S/c1-15-5-6-18-12(15)14-11(16)8-17-10-4-2-3-9(13)7-10/h2-7H,8H2,1H3. The van der Waals surface area contributed by atoms with Crippen molar-refractivity contribution in [3.05, 3.63) is 45.7 Å². The number of ether oxygens (including phenoxy) is 1. The summed E-state index contributed by atoms with van der Waals surface area (Å²) in [4.78, 5) is 16.2. The van der Waals surface area contributed by atoms with Gasteiger partial charge < -0.3 is 9.30 Å². The molecule has 1 aromatic heterocycles. The number of amides is 1. The maximum atomic E-state index is 11.6. The maximum Gasteiger partial charge on any atom is 0.286 e. The van der Waals surface area contributed by atoms with E-state index in [4.69, 9.17) is 16.3 Å². The number of benzene rings is 1. The van der Waals surface area contributed by atoms with Crippen LogP contribution in [0.15, 0.2) is 40.8 Å². The Hall–Kier alpha value is -1.59. The molecule has 6 heteroatoms. The molecule has 0 unspecified atom stereocenters. The quantitative estimate of drug-likeness (QED) is 0.867. The molecular weight excluding hydrogens is 272 g/mol. The van der Waals surface area contributed by atoms with Gasteiger partial charge in [0.25, 0.3) is 5.91 Å². The lowest BCUT2D eigenvalue weighted by Gasteiger charge is -2.02. The largest absolute Gasteiger partial charge is 0.484 e. The molecule has 0 atom stereocenters. The van der Waals surface area contributed by atoms with E-state index in [9.17, 15) is 4.79 Å². The van der Waals surface area contributed by atoms with Crippen molar-refractivity contribution in [2.24, 2.45) is 12.0 Å². The third-order valence-corrected chi connectivity index (χ3v) is 3.22. The zero-order chi connectivity index (χ0) is 13.0. The van der Waals surface area contributed by atoms with Gasteiger partial charge in [-0.05, 0) is 18.2 Å². The number of thiazole rings is 1. The third-order valence-electron chi connectivity index (χ3n) is 2.14. The van der Waals surface area contributed by atoms with Crippen molar-refractivity contribution >= 4 is 28.8 Å². The van der Waals surface area contributed by atoms with Crippen LogP contribution in [0.5, 0.6) is 5.75 Å². The van der Waals surface area contributed by atoms with Gasteiger partial charge in [0.15, 0.2) is 11.4 Å². The second-order valence-corrected chi connectivity index (χ2v) is 4.86. The average Bonchev–Trinajstić information content (AvgIpc) is 2.73. The van der Waals surface area contributed by atoms with Crippen molar-refractivity contribution in [1.29, 1.82) is 0 Å². The molecule has 1 heterocycles. The van der Waals surface area contributed by atoms with E-state index in [0.29, 0.717) is 15.6 Å². The zero-order valence-corrected chi connectivity index (χ0v) is 11.2. The highest BCUT2D eigenvalue weighted by Crippen LogP contribution is 2.16. The van der Waals surface area contributed by atoms with Crippen LogP contribution in [0.4, 0.5) is 0 Å². The van der Waals surface area contributed by atoms with Gasteiger partial charge in [0, 0.05) is 23.6 Å². The summed E-state index contributed by atoms with van der Waals surface area (Å²) in [7, 11) is 1.83. The molecule has 0 fully saturated rings. The summed E-state index contributed by atoms with van der Waals surface area (Å²) >= 11 is 7.21. The van der Waals surface area contributed by atoms with Gasteiger partial charge in [-0.15, -0.1) is 11.3 Å². The minimum atomic E-state index is -0.326. The van der Waals surface area contributed by atoms with Gasteiger partial charge in [-0.3, -0.25) is 4.79 Å². The van der Waals surface area contributed by atoms with Crippen LogP contribution in [-0.2, 0) is 11.8 Å². The van der Waals surface area contributed by atoms with Crippen LogP contribution in [0, 0.1) is 0 Å². The minimum absolute atomic E-state index is 0.0990. The van der Waals surface area contributed by atoms with E-state index in [0.717, 1.165) is 0 Å². The number of carbonyl (C=O) groups is 1. The predicted octanol–water partition coefficient (Wildman–Crippen LogP) is 2.25. The summed E-state index contributed by atoms with van der Waals surface area (Å²) in [6, 6.07) is 6.90. The van der Waals surface area contributed by atoms with Crippen LogP contribution in [-0.4, -0.2) is 17.1 Å². The highest BCUT2D eigenvalue weighted by molar-refractivity contribution is 7.07. The van der Waals surface area contributed by atoms with Gasteiger partial charge in [0.05, 0.1) is 0 Å². The van der Waals surface area contributed by atoms with Gasteiger partial charge in [-0.25, -0.2) is 0 Å². The number of halogens is 1. The van der Waals surface area contributed by atoms with Crippen LogP contribution >= 0.6 is 22.9 Å². The third kappa shape index (κ3) is 3.45. The van der Waals surface area contributed by atoms with Crippen molar-refractivity contribution in [3.8, 4) is 5.75 Å². The van der Waals surface area contributed by atoms with Gasteiger partial charge in [-0.2, -0.15) is 4.99 Å². The Balaban J connectivity index is 1.99. The molecule has 0 saturated heterocycles. The zero-order valence-electron chi connectivity index (χ0n) is 9.67. The molecule has 4 nitrogen and oxygen atoms in total. The molecule has 0 spiro atoms. The Bertz CT molecular complexity index is 618. The lowest BCUT2D eigenvalue weighted by atomic mass is 10.3. The van der Waals surface area contributed by atoms with E-state index < -0.39 is 0 Å². The van der Waals surface area contributed by atoms with Gasteiger partial charge in [0.1, 0.15) is 5.75 Å². The number of aryl methyl sites for hydroxylation is 1. The van der Waals surface area contributed by atoms with Crippen LogP contribution in [0.1, 0.15) is 0 Å². The number of aromatic nitrogens is 1. The fourth-order valence-corrected chi connectivity index (χ4v) is 2.20. The van der Waals surface area contributed by atoms with Crippen LogP contribution in [0.25, 0.3) is 0 Å². The number of nitrogens with zero attached hydrogens (tertiary/aromatic N) is 2. The molecule has 0 aliphatic rings. The molecule has 0 bridgehead atoms. The van der Waals surface area contributed by atoms with Gasteiger partial charge in [0.2, 0.25) is 0 Å². The lowest BCUT2D eigenvalue weighted by molar-refractivity contribution is -0.120. The van der Waals surface area contributed by atoms with Crippen LogP contribution < -0.4 is 9.54 Å². The Morgan fingerprint density at radius 3 is 3.06 bits per heavy atom. The molecule has 18 heavy (non-hydrogen) atoms. The SMILES string of the molecule is Cn1ccsc1=NC(=O)COc1cccc(Cl)c1. The Morgan fingerprint density at radius 1 is 1.56 bits per heavy atom. The molecule has 0 N–H and O–H groups in total. The van der Waals surface area contributed by atoms with Crippen LogP contribution in [0.3, 0.4) is 0 Å². The second-order valence-electron chi connectivity index (χ2n) is 3.55. The number of hydrogen-bond donors (Lipinski definition) is 0. The highest BCUT2D eigenvalue weighted by Gasteiger charge is 2.02. The molecular formula is C12H11ClN2O2S. The smallest absolute Gasteiger partial charge is 0.286 e. The molecule has 0 radical (unpaired) electrons. The monoisotopic (exact) mass is 282 g/mol. The first-order valence-electron chi connectivity index (χ1n) is 5.21. The van der Waals surface area contributed by atoms with Gasteiger partial charge >= 0.3 is 0 Å². The summed E-state index contributed by atoms with van der Waals surface area (Å²) in [6.45, 7) is -0.0990. The second kappa shape index (κ2) is 5.84. The topological polar surface area (TPSA) is 43.6 Å². The van der Waals surface area contributed by atoms with Crippen molar-refractivity contribution in [2.45, 2.75) is 0 Å². The normalized spacial score (nSPS) is 11.6. The number of rotatable bonds is 3. The minimum Gasteiger partial charge on any atom is -0.484 e. The highest BCUT2D eigenvalue weighted by atomic mass is 35.5. The summed E-state index contributed by atoms with van der Waals surface area (Å²) in [5.74, 6) is 0.231. The van der Waals surface area contributed by atoms with E-state index >= 15 is 0 Å². The molecule has 1 amide bonds. The van der Waals surface area contributed by atoms with E-state index in [1.165, 1.54) is 11.3 Å². The summed E-state index contributed by atoms with van der Waals surface area (Å²) in [6.07, 6.45) is 1.84. The van der Waals surface area contributed by atoms with Crippen molar-refractivity contribution in [3.63, 3.8) is 0 Å². The molecule has 2 aromatic rings. The first kappa shape index (κ1) is 12.9. The average molecular weight is 283 g/mol. The fraction of sp³-hybridized carbons (Fsp3) is 0.167. The van der Waals surface area contributed by atoms with Crippen molar-refractivity contribution in [1.82, 2.24) is 4.57 Å². The van der Waals surface area contributed by atoms with Crippen LogP contribution in [0.2, 0.25) is 5.02 Å². The molecule has 0 aliphatic heterocycles. The molecule has 1 aromatic carbocycles. The van der Waals surface area contributed by atoms with Crippen molar-refractivity contribution < 1.29 is 9.53 Å². The first-order chi connectivity index (χ1) is 8.65. The first-order valence-corrected chi connectivity index (χ1v) is 6.47. The fourth-order valence-electron chi connectivity index (χ4n) is 1.28. The van der Waals surface area contributed by atoms with E-state index in [1.807, 2.05) is 18.6 Å². The molecule has 0 saturated carbocycles. The summed E-state index contributed by atoms with van der Waals surface area (Å²) < 4.78 is 7.08. The van der Waals surface area contributed by atoms with Crippen molar-refractivity contribution in [2.75, 3.05) is 6.61 Å². The summed E-state index contributed by atoms with van der Waals surface area (Å²) in [5, 5.41) is 2.44. The molecule has 2 rings (SSSR count). The van der Waals surface area contributed by atoms with E-state index in [1.54, 1.807) is 28.8 Å². The number of carbonyl (C=O) groups excluding carboxylic acids is 1.